The van der Waals surface area contributed by atoms with Gasteiger partial charge >= 0.3 is 0 Å². The van der Waals surface area contributed by atoms with Gasteiger partial charge in [-0.05, 0) is 110 Å². The number of aromatic hydroxyl groups is 2. The molecule has 0 saturated heterocycles. The van der Waals surface area contributed by atoms with Crippen molar-refractivity contribution in [2.45, 2.75) is 27.7 Å². The first kappa shape index (κ1) is 19.4. The van der Waals surface area contributed by atoms with Crippen LogP contribution in [0.25, 0.3) is 24.3 Å². The number of hydrogen-bond donors (Lipinski definition) is 2. The molecule has 0 aliphatic carbocycles. The molecular formula is C25H25NO2. The average Bonchev–Trinajstić information content (AvgIpc) is 2.67. The van der Waals surface area contributed by atoms with Crippen LogP contribution in [0.3, 0.4) is 0 Å². The van der Waals surface area contributed by atoms with E-state index in [0.29, 0.717) is 11.5 Å². The van der Waals surface area contributed by atoms with E-state index in [1.54, 1.807) is 0 Å². The molecular weight excluding hydrogens is 346 g/mol. The van der Waals surface area contributed by atoms with Gasteiger partial charge in [0.25, 0.3) is 0 Å². The minimum absolute atomic E-state index is 0.349. The van der Waals surface area contributed by atoms with Crippen molar-refractivity contribution in [3.63, 3.8) is 0 Å². The van der Waals surface area contributed by atoms with E-state index in [2.05, 4.69) is 4.98 Å². The fraction of sp³-hybridized carbons (Fsp3) is 0.160. The van der Waals surface area contributed by atoms with Crippen LogP contribution >= 0.6 is 0 Å². The molecule has 0 unspecified atom stereocenters. The Morgan fingerprint density at radius 1 is 0.607 bits per heavy atom. The first-order valence-electron chi connectivity index (χ1n) is 9.27. The van der Waals surface area contributed by atoms with Gasteiger partial charge in [0.05, 0.1) is 11.4 Å². The zero-order valence-corrected chi connectivity index (χ0v) is 16.7. The smallest absolute Gasteiger partial charge is 0.121 e. The number of benzene rings is 2. The molecule has 0 radical (unpaired) electrons. The molecule has 0 amide bonds. The van der Waals surface area contributed by atoms with E-state index in [-0.39, 0.29) is 0 Å². The Morgan fingerprint density at radius 3 is 1.32 bits per heavy atom. The normalized spacial score (nSPS) is 11.6. The Morgan fingerprint density at radius 2 is 0.964 bits per heavy atom. The van der Waals surface area contributed by atoms with Gasteiger partial charge in [0, 0.05) is 0 Å². The number of rotatable bonds is 4. The fourth-order valence-electron chi connectivity index (χ4n) is 3.19. The minimum atomic E-state index is 0.349. The summed E-state index contributed by atoms with van der Waals surface area (Å²) in [6, 6.07) is 13.7. The molecule has 2 aromatic carbocycles. The lowest BCUT2D eigenvalue weighted by Gasteiger charge is -2.05. The van der Waals surface area contributed by atoms with Crippen LogP contribution in [-0.4, -0.2) is 15.2 Å². The quantitative estimate of drug-likeness (QED) is 0.585. The predicted octanol–water partition coefficient (Wildman–Crippen LogP) is 6.07. The molecule has 142 valence electrons. The summed E-state index contributed by atoms with van der Waals surface area (Å²) in [5, 5.41) is 19.8. The number of pyridine rings is 1. The Hall–Kier alpha value is -3.33. The molecule has 0 bridgehead atoms. The van der Waals surface area contributed by atoms with Crippen molar-refractivity contribution in [2.24, 2.45) is 0 Å². The third-order valence-electron chi connectivity index (χ3n) is 4.71. The van der Waals surface area contributed by atoms with Gasteiger partial charge in [-0.15, -0.1) is 0 Å². The van der Waals surface area contributed by atoms with Gasteiger partial charge in [-0.25, -0.2) is 4.98 Å². The summed E-state index contributed by atoms with van der Waals surface area (Å²) in [6.45, 7) is 7.60. The second kappa shape index (κ2) is 8.13. The lowest BCUT2D eigenvalue weighted by molar-refractivity contribution is 0.466. The van der Waals surface area contributed by atoms with Crippen LogP contribution < -0.4 is 0 Å². The van der Waals surface area contributed by atoms with Gasteiger partial charge in [0.2, 0.25) is 0 Å². The molecule has 2 N–H and O–H groups in total. The molecule has 0 saturated carbocycles. The van der Waals surface area contributed by atoms with E-state index in [9.17, 15) is 10.2 Å². The largest absolute Gasteiger partial charge is 0.507 e. The number of hydrogen-bond acceptors (Lipinski definition) is 3. The molecule has 0 atom stereocenters. The zero-order chi connectivity index (χ0) is 20.3. The number of nitrogens with zero attached hydrogens (tertiary/aromatic N) is 1. The molecule has 3 rings (SSSR count). The summed E-state index contributed by atoms with van der Waals surface area (Å²) >= 11 is 0. The average molecular weight is 371 g/mol. The summed E-state index contributed by atoms with van der Waals surface area (Å²) in [5.74, 6) is 0.698. The lowest BCUT2D eigenvalue weighted by atomic mass is 10.0. The van der Waals surface area contributed by atoms with Crippen LogP contribution in [0.15, 0.2) is 42.5 Å². The SMILES string of the molecule is Cc1cc(/C=C/c2cccc(/C=C/c3cc(C)c(O)c(C)c3)n2)cc(C)c1O. The molecule has 1 aromatic heterocycles. The molecule has 28 heavy (non-hydrogen) atoms. The maximum absolute atomic E-state index is 9.90. The summed E-state index contributed by atoms with van der Waals surface area (Å²) in [5.41, 5.74) is 7.25. The topological polar surface area (TPSA) is 53.4 Å². The van der Waals surface area contributed by atoms with Crippen molar-refractivity contribution in [3.8, 4) is 11.5 Å². The fourth-order valence-corrected chi connectivity index (χ4v) is 3.19. The van der Waals surface area contributed by atoms with Crippen molar-refractivity contribution in [2.75, 3.05) is 0 Å². The van der Waals surface area contributed by atoms with E-state index in [4.69, 9.17) is 0 Å². The summed E-state index contributed by atoms with van der Waals surface area (Å²) in [6.07, 6.45) is 7.94. The number of phenolic OH excluding ortho intramolecular Hbond substituents is 2. The van der Waals surface area contributed by atoms with Gasteiger partial charge in [-0.2, -0.15) is 0 Å². The highest BCUT2D eigenvalue weighted by Crippen LogP contribution is 2.25. The third kappa shape index (κ3) is 4.49. The second-order valence-corrected chi connectivity index (χ2v) is 7.16. The van der Waals surface area contributed by atoms with Crippen LogP contribution in [0.2, 0.25) is 0 Å². The molecule has 0 spiro atoms. The standard InChI is InChI=1S/C25H25NO2/c1-16-12-20(13-17(2)24(16)27)8-10-22-6-5-7-23(26-22)11-9-21-14-18(3)25(28)19(4)15-21/h5-15,27-28H,1-4H3/b10-8+,11-9+. The highest BCUT2D eigenvalue weighted by atomic mass is 16.3. The van der Waals surface area contributed by atoms with Gasteiger partial charge < -0.3 is 10.2 Å². The van der Waals surface area contributed by atoms with Crippen molar-refractivity contribution in [1.29, 1.82) is 0 Å². The van der Waals surface area contributed by atoms with E-state index >= 15 is 0 Å². The summed E-state index contributed by atoms with van der Waals surface area (Å²) < 4.78 is 0. The molecule has 0 aliphatic heterocycles. The maximum Gasteiger partial charge on any atom is 0.121 e. The number of aryl methyl sites for hydroxylation is 4. The predicted molar refractivity (Wildman–Crippen MR) is 117 cm³/mol. The molecule has 3 nitrogen and oxygen atoms in total. The molecule has 0 aliphatic rings. The van der Waals surface area contributed by atoms with Crippen molar-refractivity contribution in [1.82, 2.24) is 4.98 Å². The summed E-state index contributed by atoms with van der Waals surface area (Å²) in [7, 11) is 0. The van der Waals surface area contributed by atoms with Gasteiger partial charge in [0.1, 0.15) is 11.5 Å². The molecule has 1 heterocycles. The van der Waals surface area contributed by atoms with E-state index < -0.39 is 0 Å². The van der Waals surface area contributed by atoms with Crippen LogP contribution in [0.4, 0.5) is 0 Å². The van der Waals surface area contributed by atoms with E-state index in [1.807, 2.05) is 94.5 Å². The zero-order valence-electron chi connectivity index (χ0n) is 16.7. The highest BCUT2D eigenvalue weighted by Gasteiger charge is 2.02. The number of phenols is 2. The maximum atomic E-state index is 9.90. The van der Waals surface area contributed by atoms with Crippen LogP contribution in [0, 0.1) is 27.7 Å². The first-order chi connectivity index (χ1) is 13.3. The number of aromatic nitrogens is 1. The Bertz CT molecular complexity index is 949. The van der Waals surface area contributed by atoms with Crippen molar-refractivity contribution in [3.05, 3.63) is 87.2 Å². The first-order valence-corrected chi connectivity index (χ1v) is 9.27. The molecule has 0 fully saturated rings. The Labute approximate surface area is 166 Å². The van der Waals surface area contributed by atoms with Gasteiger partial charge in [-0.1, -0.05) is 18.2 Å². The molecule has 3 heteroatoms. The van der Waals surface area contributed by atoms with Crippen LogP contribution in [-0.2, 0) is 0 Å². The summed E-state index contributed by atoms with van der Waals surface area (Å²) in [4.78, 5) is 4.66. The monoisotopic (exact) mass is 371 g/mol. The van der Waals surface area contributed by atoms with Gasteiger partial charge in [0.15, 0.2) is 0 Å². The van der Waals surface area contributed by atoms with Crippen LogP contribution in [0.5, 0.6) is 11.5 Å². The van der Waals surface area contributed by atoms with Gasteiger partial charge in [-0.3, -0.25) is 0 Å². The van der Waals surface area contributed by atoms with Crippen LogP contribution in [0.1, 0.15) is 44.8 Å². The van der Waals surface area contributed by atoms with E-state index in [1.165, 1.54) is 0 Å². The van der Waals surface area contributed by atoms with Crippen molar-refractivity contribution < 1.29 is 10.2 Å². The third-order valence-corrected chi connectivity index (χ3v) is 4.71. The molecule has 3 aromatic rings. The second-order valence-electron chi connectivity index (χ2n) is 7.16. The lowest BCUT2D eigenvalue weighted by Crippen LogP contribution is -1.86. The Balaban J connectivity index is 1.81. The minimum Gasteiger partial charge on any atom is -0.507 e. The van der Waals surface area contributed by atoms with E-state index in [0.717, 1.165) is 44.8 Å². The Kier molecular flexibility index (Phi) is 5.65. The highest BCUT2D eigenvalue weighted by molar-refractivity contribution is 5.72. The van der Waals surface area contributed by atoms with Crippen molar-refractivity contribution >= 4 is 24.3 Å².